The van der Waals surface area contributed by atoms with E-state index < -0.39 is 3.42 Å². The minimum absolute atomic E-state index is 0.126. The molecule has 0 heterocycles. The number of carbonyl (C=O) groups is 1. The molecule has 0 aliphatic rings. The Morgan fingerprint density at radius 1 is 1.40 bits per heavy atom. The van der Waals surface area contributed by atoms with Gasteiger partial charge in [-0.15, -0.1) is 0 Å². The highest BCUT2D eigenvalue weighted by Gasteiger charge is 2.23. The van der Waals surface area contributed by atoms with Gasteiger partial charge in [0.1, 0.15) is 0 Å². The van der Waals surface area contributed by atoms with E-state index in [1.165, 1.54) is 0 Å². The molecule has 82 valence electrons. The molecular weight excluding hydrogens is 305 g/mol. The van der Waals surface area contributed by atoms with Crippen LogP contribution < -0.4 is 5.48 Å². The molecule has 0 radical (unpaired) electrons. The van der Waals surface area contributed by atoms with E-state index in [0.29, 0.717) is 6.61 Å². The highest BCUT2D eigenvalue weighted by atomic mass is 127. The molecule has 0 unspecified atom stereocenters. The van der Waals surface area contributed by atoms with Crippen molar-refractivity contribution in [3.05, 3.63) is 35.9 Å². The summed E-state index contributed by atoms with van der Waals surface area (Å²) in [6.07, 6.45) is 0. The van der Waals surface area contributed by atoms with Crippen LogP contribution in [0, 0.1) is 0 Å². The maximum absolute atomic E-state index is 11.4. The van der Waals surface area contributed by atoms with Gasteiger partial charge in [-0.2, -0.15) is 0 Å². The average molecular weight is 319 g/mol. The second kappa shape index (κ2) is 5.46. The molecule has 0 aliphatic carbocycles. The summed E-state index contributed by atoms with van der Waals surface area (Å²) in [5.41, 5.74) is 3.46. The SMILES string of the molecule is CC(C)(I)C(=O)NOCc1ccccc1. The van der Waals surface area contributed by atoms with Crippen LogP contribution in [-0.4, -0.2) is 9.33 Å². The first-order chi connectivity index (χ1) is 7.00. The van der Waals surface area contributed by atoms with Crippen LogP contribution in [0.15, 0.2) is 30.3 Å². The number of benzene rings is 1. The van der Waals surface area contributed by atoms with Crippen molar-refractivity contribution >= 4 is 28.5 Å². The Balaban J connectivity index is 2.32. The van der Waals surface area contributed by atoms with Gasteiger partial charge in [-0.25, -0.2) is 5.48 Å². The molecule has 0 saturated heterocycles. The van der Waals surface area contributed by atoms with Crippen molar-refractivity contribution in [1.82, 2.24) is 5.48 Å². The lowest BCUT2D eigenvalue weighted by Crippen LogP contribution is -2.37. The van der Waals surface area contributed by atoms with Crippen LogP contribution in [0.25, 0.3) is 0 Å². The largest absolute Gasteiger partial charge is 0.271 e. The van der Waals surface area contributed by atoms with E-state index in [0.717, 1.165) is 5.56 Å². The van der Waals surface area contributed by atoms with E-state index in [2.05, 4.69) is 28.1 Å². The summed E-state index contributed by atoms with van der Waals surface area (Å²) in [5.74, 6) is -0.126. The monoisotopic (exact) mass is 319 g/mol. The van der Waals surface area contributed by atoms with Gasteiger partial charge in [-0.3, -0.25) is 9.63 Å². The number of amides is 1. The Bertz CT molecular complexity index is 319. The van der Waals surface area contributed by atoms with Crippen LogP contribution in [0.1, 0.15) is 19.4 Å². The van der Waals surface area contributed by atoms with Gasteiger partial charge < -0.3 is 0 Å². The molecule has 0 fully saturated rings. The highest BCUT2D eigenvalue weighted by molar-refractivity contribution is 14.1. The zero-order valence-corrected chi connectivity index (χ0v) is 10.9. The fourth-order valence-corrected chi connectivity index (χ4v) is 0.991. The van der Waals surface area contributed by atoms with Crippen LogP contribution in [0.4, 0.5) is 0 Å². The van der Waals surface area contributed by atoms with Gasteiger partial charge in [-0.05, 0) is 19.4 Å². The molecule has 1 amide bonds. The lowest BCUT2D eigenvalue weighted by atomic mass is 10.2. The molecule has 0 bridgehead atoms. The third-order valence-corrected chi connectivity index (χ3v) is 2.28. The van der Waals surface area contributed by atoms with Crippen molar-refractivity contribution in [2.75, 3.05) is 0 Å². The first-order valence-corrected chi connectivity index (χ1v) is 5.73. The fraction of sp³-hybridized carbons (Fsp3) is 0.364. The Morgan fingerprint density at radius 3 is 2.53 bits per heavy atom. The van der Waals surface area contributed by atoms with Crippen molar-refractivity contribution in [2.24, 2.45) is 0 Å². The summed E-state index contributed by atoms with van der Waals surface area (Å²) in [7, 11) is 0. The summed E-state index contributed by atoms with van der Waals surface area (Å²) < 4.78 is -0.450. The van der Waals surface area contributed by atoms with Gasteiger partial charge in [0.2, 0.25) is 0 Å². The first-order valence-electron chi connectivity index (χ1n) is 4.65. The van der Waals surface area contributed by atoms with E-state index in [4.69, 9.17) is 4.84 Å². The first kappa shape index (κ1) is 12.4. The number of hydrogen-bond donors (Lipinski definition) is 1. The summed E-state index contributed by atoms with van der Waals surface area (Å²) in [6.45, 7) is 4.04. The molecule has 4 heteroatoms. The summed E-state index contributed by atoms with van der Waals surface area (Å²) in [6, 6.07) is 9.70. The smallest absolute Gasteiger partial charge is 0.259 e. The lowest BCUT2D eigenvalue weighted by Gasteiger charge is -2.15. The summed E-state index contributed by atoms with van der Waals surface area (Å²) in [5, 5.41) is 0. The Labute approximate surface area is 103 Å². The van der Waals surface area contributed by atoms with Gasteiger partial charge in [0.05, 0.1) is 10.0 Å². The minimum Gasteiger partial charge on any atom is -0.271 e. The molecular formula is C11H14INO2. The van der Waals surface area contributed by atoms with Gasteiger partial charge in [0, 0.05) is 0 Å². The predicted octanol–water partition coefficient (Wildman–Crippen LogP) is 2.45. The van der Waals surface area contributed by atoms with Crippen LogP contribution in [-0.2, 0) is 16.2 Å². The Kier molecular flexibility index (Phi) is 4.53. The highest BCUT2D eigenvalue weighted by Crippen LogP contribution is 2.16. The standard InChI is InChI=1S/C11H14INO2/c1-11(2,12)10(14)13-15-8-9-6-4-3-5-7-9/h3-7H,8H2,1-2H3,(H,13,14). The number of hydrogen-bond acceptors (Lipinski definition) is 2. The van der Waals surface area contributed by atoms with Gasteiger partial charge in [0.15, 0.2) is 0 Å². The van der Waals surface area contributed by atoms with Crippen LogP contribution in [0.5, 0.6) is 0 Å². The van der Waals surface area contributed by atoms with Crippen molar-refractivity contribution in [3.8, 4) is 0 Å². The Hall–Kier alpha value is -0.620. The number of halogens is 1. The fourth-order valence-electron chi connectivity index (χ4n) is 0.881. The van der Waals surface area contributed by atoms with Crippen LogP contribution >= 0.6 is 22.6 Å². The zero-order valence-electron chi connectivity index (χ0n) is 8.79. The van der Waals surface area contributed by atoms with Crippen LogP contribution in [0.3, 0.4) is 0 Å². The maximum Gasteiger partial charge on any atom is 0.259 e. The van der Waals surface area contributed by atoms with Gasteiger partial charge >= 0.3 is 0 Å². The van der Waals surface area contributed by atoms with Gasteiger partial charge in [0.25, 0.3) is 5.91 Å². The quantitative estimate of drug-likeness (QED) is 0.526. The third-order valence-electron chi connectivity index (χ3n) is 1.79. The predicted molar refractivity (Wildman–Crippen MR) is 67.5 cm³/mol. The number of alkyl halides is 1. The molecule has 0 spiro atoms. The van der Waals surface area contributed by atoms with E-state index in [9.17, 15) is 4.79 Å². The van der Waals surface area contributed by atoms with E-state index >= 15 is 0 Å². The van der Waals surface area contributed by atoms with Crippen molar-refractivity contribution in [3.63, 3.8) is 0 Å². The molecule has 0 saturated carbocycles. The average Bonchev–Trinajstić information content (AvgIpc) is 2.18. The van der Waals surface area contributed by atoms with Crippen molar-refractivity contribution < 1.29 is 9.63 Å². The zero-order chi connectivity index (χ0) is 11.3. The van der Waals surface area contributed by atoms with Crippen molar-refractivity contribution in [2.45, 2.75) is 23.9 Å². The molecule has 3 nitrogen and oxygen atoms in total. The molecule has 0 aromatic heterocycles. The maximum atomic E-state index is 11.4. The van der Waals surface area contributed by atoms with Gasteiger partial charge in [-0.1, -0.05) is 52.9 Å². The third kappa shape index (κ3) is 4.61. The second-order valence-corrected chi connectivity index (χ2v) is 6.37. The molecule has 1 aromatic rings. The number of carbonyl (C=O) groups excluding carboxylic acids is 1. The van der Waals surface area contributed by atoms with Crippen LogP contribution in [0.2, 0.25) is 0 Å². The molecule has 1 N–H and O–H groups in total. The van der Waals surface area contributed by atoms with E-state index in [1.54, 1.807) is 0 Å². The molecule has 1 aromatic carbocycles. The van der Waals surface area contributed by atoms with E-state index in [1.807, 2.05) is 44.2 Å². The topological polar surface area (TPSA) is 38.3 Å². The number of nitrogens with one attached hydrogen (secondary N) is 1. The van der Waals surface area contributed by atoms with Crippen molar-refractivity contribution in [1.29, 1.82) is 0 Å². The summed E-state index contributed by atoms with van der Waals surface area (Å²) in [4.78, 5) is 16.5. The normalized spacial score (nSPS) is 11.1. The molecule has 0 atom stereocenters. The van der Waals surface area contributed by atoms with E-state index in [-0.39, 0.29) is 5.91 Å². The molecule has 1 rings (SSSR count). The number of rotatable bonds is 4. The molecule has 15 heavy (non-hydrogen) atoms. The molecule has 0 aliphatic heterocycles. The summed E-state index contributed by atoms with van der Waals surface area (Å²) >= 11 is 2.06. The Morgan fingerprint density at radius 2 is 2.00 bits per heavy atom. The number of hydroxylamine groups is 1. The minimum atomic E-state index is -0.450. The lowest BCUT2D eigenvalue weighted by molar-refractivity contribution is -0.135. The second-order valence-electron chi connectivity index (χ2n) is 3.68.